The molecule has 0 bridgehead atoms. The van der Waals surface area contributed by atoms with Gasteiger partial charge in [0.05, 0.1) is 25.4 Å². The van der Waals surface area contributed by atoms with Crippen LogP contribution in [0.15, 0.2) is 36.7 Å². The molecule has 2 heterocycles. The Kier molecular flexibility index (Phi) is 4.70. The van der Waals surface area contributed by atoms with Crippen LogP contribution in [-0.4, -0.2) is 29.2 Å². The van der Waals surface area contributed by atoms with Gasteiger partial charge in [-0.3, -0.25) is 4.98 Å². The van der Waals surface area contributed by atoms with E-state index in [1.807, 2.05) is 36.4 Å². The summed E-state index contributed by atoms with van der Waals surface area (Å²) in [5.74, 6) is 2.00. The van der Waals surface area contributed by atoms with Gasteiger partial charge >= 0.3 is 0 Å². The molecule has 5 heteroatoms. The van der Waals surface area contributed by atoms with Crippen LogP contribution in [0.5, 0.6) is 11.5 Å². The lowest BCUT2D eigenvalue weighted by molar-refractivity contribution is 0.355. The summed E-state index contributed by atoms with van der Waals surface area (Å²) in [6, 6.07) is 7.70. The topological polar surface area (TPSA) is 57.1 Å². The summed E-state index contributed by atoms with van der Waals surface area (Å²) >= 11 is 0. The van der Waals surface area contributed by atoms with E-state index in [-0.39, 0.29) is 0 Å². The highest BCUT2D eigenvalue weighted by Gasteiger charge is 2.11. The molecular formula is C19H19N3O2. The zero-order chi connectivity index (χ0) is 16.9. The van der Waals surface area contributed by atoms with Gasteiger partial charge in [0.15, 0.2) is 17.3 Å². The molecule has 1 aromatic carbocycles. The van der Waals surface area contributed by atoms with Crippen molar-refractivity contribution in [3.05, 3.63) is 53.7 Å². The average molecular weight is 321 g/mol. The normalized spacial score (nSPS) is 11.1. The Morgan fingerprint density at radius 3 is 2.50 bits per heavy atom. The largest absolute Gasteiger partial charge is 0.493 e. The minimum atomic E-state index is 0.660. The lowest BCUT2D eigenvalue weighted by Crippen LogP contribution is -1.99. The van der Waals surface area contributed by atoms with Crippen molar-refractivity contribution in [3.63, 3.8) is 0 Å². The number of pyridine rings is 1. The van der Waals surface area contributed by atoms with E-state index in [2.05, 4.69) is 21.9 Å². The molecule has 0 saturated heterocycles. The van der Waals surface area contributed by atoms with E-state index in [1.165, 1.54) is 0 Å². The molecule has 0 radical (unpaired) electrons. The second kappa shape index (κ2) is 7.08. The van der Waals surface area contributed by atoms with Crippen molar-refractivity contribution in [2.24, 2.45) is 0 Å². The minimum Gasteiger partial charge on any atom is -0.493 e. The maximum absolute atomic E-state index is 5.38. The van der Waals surface area contributed by atoms with Gasteiger partial charge in [-0.25, -0.2) is 9.97 Å². The molecule has 0 fully saturated rings. The highest BCUT2D eigenvalue weighted by Crippen LogP contribution is 2.32. The third-order valence-electron chi connectivity index (χ3n) is 3.74. The second-order valence-corrected chi connectivity index (χ2v) is 5.23. The van der Waals surface area contributed by atoms with Crippen molar-refractivity contribution < 1.29 is 9.47 Å². The van der Waals surface area contributed by atoms with Crippen LogP contribution in [0.25, 0.3) is 23.1 Å². The molecule has 0 aliphatic carbocycles. The molecule has 3 rings (SSSR count). The highest BCUT2D eigenvalue weighted by atomic mass is 16.5. The molecule has 0 amide bonds. The summed E-state index contributed by atoms with van der Waals surface area (Å²) in [6.07, 6.45) is 8.20. The molecule has 5 nitrogen and oxygen atoms in total. The van der Waals surface area contributed by atoms with Crippen LogP contribution < -0.4 is 9.47 Å². The molecule has 122 valence electrons. The van der Waals surface area contributed by atoms with Gasteiger partial charge in [-0.1, -0.05) is 13.0 Å². The van der Waals surface area contributed by atoms with E-state index in [1.54, 1.807) is 26.6 Å². The first-order chi connectivity index (χ1) is 11.7. The molecule has 24 heavy (non-hydrogen) atoms. The van der Waals surface area contributed by atoms with Gasteiger partial charge in [-0.2, -0.15) is 0 Å². The molecule has 0 unspecified atom stereocenters. The van der Waals surface area contributed by atoms with Gasteiger partial charge in [-0.15, -0.1) is 0 Å². The highest BCUT2D eigenvalue weighted by molar-refractivity contribution is 5.86. The zero-order valence-corrected chi connectivity index (χ0v) is 14.0. The fourth-order valence-electron chi connectivity index (χ4n) is 2.53. The monoisotopic (exact) mass is 321 g/mol. The number of methoxy groups -OCH3 is 2. The third-order valence-corrected chi connectivity index (χ3v) is 3.74. The molecule has 0 aliphatic rings. The van der Waals surface area contributed by atoms with Crippen molar-refractivity contribution in [2.45, 2.75) is 13.3 Å². The number of nitrogens with zero attached hydrogens (tertiary/aromatic N) is 3. The van der Waals surface area contributed by atoms with Crippen molar-refractivity contribution in [3.8, 4) is 11.5 Å². The van der Waals surface area contributed by atoms with Crippen LogP contribution in [0, 0.1) is 0 Å². The first-order valence-electron chi connectivity index (χ1n) is 7.76. The lowest BCUT2D eigenvalue weighted by atomic mass is 10.1. The van der Waals surface area contributed by atoms with E-state index in [0.29, 0.717) is 17.3 Å². The Balaban J connectivity index is 2.08. The molecular weight excluding hydrogens is 302 g/mol. The van der Waals surface area contributed by atoms with E-state index < -0.39 is 0 Å². The summed E-state index contributed by atoms with van der Waals surface area (Å²) in [7, 11) is 3.25. The molecule has 0 atom stereocenters. The number of hydrogen-bond donors (Lipinski definition) is 0. The van der Waals surface area contributed by atoms with Gasteiger partial charge in [-0.05, 0) is 36.3 Å². The predicted octanol–water partition coefficient (Wildman–Crippen LogP) is 3.77. The molecule has 0 spiro atoms. The van der Waals surface area contributed by atoms with Crippen LogP contribution in [0.3, 0.4) is 0 Å². The Morgan fingerprint density at radius 2 is 1.83 bits per heavy atom. The maximum atomic E-state index is 5.38. The van der Waals surface area contributed by atoms with Gasteiger partial charge in [0.25, 0.3) is 0 Å². The number of aromatic nitrogens is 3. The number of benzene rings is 1. The Bertz CT molecular complexity index is 877. The summed E-state index contributed by atoms with van der Waals surface area (Å²) in [5.41, 5.74) is 2.82. The molecule has 2 aromatic heterocycles. The van der Waals surface area contributed by atoms with Crippen molar-refractivity contribution in [1.82, 2.24) is 15.0 Å². The van der Waals surface area contributed by atoms with Crippen molar-refractivity contribution >= 4 is 23.1 Å². The van der Waals surface area contributed by atoms with Gasteiger partial charge in [0.1, 0.15) is 0 Å². The number of hydrogen-bond acceptors (Lipinski definition) is 5. The Hall–Kier alpha value is -2.95. The smallest absolute Gasteiger partial charge is 0.162 e. The minimum absolute atomic E-state index is 0.660. The average Bonchev–Trinajstić information content (AvgIpc) is 2.65. The van der Waals surface area contributed by atoms with Gasteiger partial charge in [0.2, 0.25) is 0 Å². The molecule has 0 saturated carbocycles. The van der Waals surface area contributed by atoms with Crippen molar-refractivity contribution in [2.75, 3.05) is 14.2 Å². The third kappa shape index (κ3) is 3.20. The van der Waals surface area contributed by atoms with Gasteiger partial charge in [0, 0.05) is 23.8 Å². The summed E-state index contributed by atoms with van der Waals surface area (Å²) in [6.45, 7) is 2.08. The number of fused-ring (bicyclic) bond motifs is 1. The quantitative estimate of drug-likeness (QED) is 0.716. The van der Waals surface area contributed by atoms with Crippen LogP contribution >= 0.6 is 0 Å². The van der Waals surface area contributed by atoms with Crippen molar-refractivity contribution in [1.29, 1.82) is 0 Å². The van der Waals surface area contributed by atoms with Gasteiger partial charge < -0.3 is 9.47 Å². The van der Waals surface area contributed by atoms with Crippen LogP contribution in [-0.2, 0) is 6.42 Å². The first-order valence-corrected chi connectivity index (χ1v) is 7.76. The van der Waals surface area contributed by atoms with E-state index in [0.717, 1.165) is 28.6 Å². The lowest BCUT2D eigenvalue weighted by Gasteiger charge is -2.11. The van der Waals surface area contributed by atoms with E-state index >= 15 is 0 Å². The number of aryl methyl sites for hydroxylation is 1. The van der Waals surface area contributed by atoms with Crippen LogP contribution in [0.2, 0.25) is 0 Å². The van der Waals surface area contributed by atoms with Crippen LogP contribution in [0.4, 0.5) is 0 Å². The predicted molar refractivity (Wildman–Crippen MR) is 95.2 cm³/mol. The standard InChI is InChI=1S/C19H19N3O2/c1-4-15-14-10-17(23-2)18(24-3)11-16(14)22-19(21-15)8-7-13-6-5-9-20-12-13/h5-12H,4H2,1-3H3/b8-7+. The molecule has 3 aromatic rings. The Morgan fingerprint density at radius 1 is 1.04 bits per heavy atom. The molecule has 0 aliphatic heterocycles. The van der Waals surface area contributed by atoms with Crippen LogP contribution in [0.1, 0.15) is 24.0 Å². The van der Waals surface area contributed by atoms with E-state index in [9.17, 15) is 0 Å². The summed E-state index contributed by atoms with van der Waals surface area (Å²) in [4.78, 5) is 13.4. The summed E-state index contributed by atoms with van der Waals surface area (Å²) < 4.78 is 10.8. The first kappa shape index (κ1) is 15.9. The SMILES string of the molecule is CCc1nc(/C=C/c2cccnc2)nc2cc(OC)c(OC)cc12. The fourth-order valence-corrected chi connectivity index (χ4v) is 2.53. The fraction of sp³-hybridized carbons (Fsp3) is 0.211. The number of ether oxygens (including phenoxy) is 2. The number of rotatable bonds is 5. The maximum Gasteiger partial charge on any atom is 0.162 e. The Labute approximate surface area is 141 Å². The summed E-state index contributed by atoms with van der Waals surface area (Å²) in [5, 5.41) is 0.980. The van der Waals surface area contributed by atoms with E-state index in [4.69, 9.17) is 9.47 Å². The second-order valence-electron chi connectivity index (χ2n) is 5.23. The molecule has 0 N–H and O–H groups in total. The zero-order valence-electron chi connectivity index (χ0n) is 14.0.